The van der Waals surface area contributed by atoms with Gasteiger partial charge in [0.25, 0.3) is 0 Å². The van der Waals surface area contributed by atoms with E-state index in [-0.39, 0.29) is 18.1 Å². The molecule has 130 valence electrons. The van der Waals surface area contributed by atoms with Crippen LogP contribution in [0, 0.1) is 0 Å². The van der Waals surface area contributed by atoms with E-state index in [1.54, 1.807) is 6.20 Å². The third-order valence-electron chi connectivity index (χ3n) is 5.25. The summed E-state index contributed by atoms with van der Waals surface area (Å²) in [6.45, 7) is 2.19. The fourth-order valence-corrected chi connectivity index (χ4v) is 3.89. The van der Waals surface area contributed by atoms with Crippen molar-refractivity contribution in [3.05, 3.63) is 59.9 Å². The van der Waals surface area contributed by atoms with Crippen LogP contribution >= 0.6 is 0 Å². The number of rotatable bonds is 3. The van der Waals surface area contributed by atoms with Crippen LogP contribution in [-0.4, -0.2) is 46.6 Å². The summed E-state index contributed by atoms with van der Waals surface area (Å²) in [6.07, 6.45) is 5.65. The summed E-state index contributed by atoms with van der Waals surface area (Å²) in [5, 5.41) is 9.83. The molecule has 1 fully saturated rings. The van der Waals surface area contributed by atoms with Crippen molar-refractivity contribution in [2.75, 3.05) is 24.5 Å². The fraction of sp³-hybridized carbons (Fsp3) is 0.400. The van der Waals surface area contributed by atoms with E-state index in [9.17, 15) is 9.90 Å². The zero-order valence-corrected chi connectivity index (χ0v) is 14.2. The van der Waals surface area contributed by atoms with E-state index in [1.165, 1.54) is 0 Å². The molecule has 0 spiro atoms. The number of aromatic nitrogens is 1. The molecular formula is C20H23N3O2. The van der Waals surface area contributed by atoms with Crippen molar-refractivity contribution in [3.8, 4) is 0 Å². The number of aliphatic hydroxyl groups excluding tert-OH is 1. The molecule has 3 heterocycles. The molecule has 2 aliphatic rings. The number of hydrogen-bond donors (Lipinski definition) is 1. The Morgan fingerprint density at radius 2 is 1.88 bits per heavy atom. The average Bonchev–Trinajstić information content (AvgIpc) is 3.08. The quantitative estimate of drug-likeness (QED) is 0.933. The van der Waals surface area contributed by atoms with Gasteiger partial charge in [0.15, 0.2) is 0 Å². The number of hydrogen-bond acceptors (Lipinski definition) is 4. The summed E-state index contributed by atoms with van der Waals surface area (Å²) in [6, 6.07) is 11.6. The average molecular weight is 337 g/mol. The van der Waals surface area contributed by atoms with E-state index < -0.39 is 0 Å². The number of aliphatic hydroxyl groups is 1. The Kier molecular flexibility index (Phi) is 4.51. The van der Waals surface area contributed by atoms with Gasteiger partial charge in [-0.3, -0.25) is 14.7 Å². The van der Waals surface area contributed by atoms with Crippen molar-refractivity contribution < 1.29 is 9.90 Å². The van der Waals surface area contributed by atoms with Gasteiger partial charge in [-0.15, -0.1) is 0 Å². The van der Waals surface area contributed by atoms with Crippen LogP contribution in [0.1, 0.15) is 30.0 Å². The standard InChI is InChI=1S/C20H23N3O2/c24-17-8-11-22(12-9-17)19(15-4-2-1-3-5-15)20(25)23-13-7-16-14-21-10-6-18(16)23/h1-6,10,14,17,19,24H,7-9,11-13H2/t19-/m1/s1. The monoisotopic (exact) mass is 337 g/mol. The van der Waals surface area contributed by atoms with Gasteiger partial charge in [0.1, 0.15) is 6.04 Å². The van der Waals surface area contributed by atoms with Crippen molar-refractivity contribution in [1.29, 1.82) is 0 Å². The highest BCUT2D eigenvalue weighted by Crippen LogP contribution is 2.33. The molecule has 0 radical (unpaired) electrons. The van der Waals surface area contributed by atoms with Crippen LogP contribution in [0.25, 0.3) is 0 Å². The maximum Gasteiger partial charge on any atom is 0.248 e. The minimum atomic E-state index is -0.298. The molecule has 1 atom stereocenters. The Balaban J connectivity index is 1.65. The molecule has 1 N–H and O–H groups in total. The molecule has 1 aromatic heterocycles. The van der Waals surface area contributed by atoms with Gasteiger partial charge in [-0.2, -0.15) is 0 Å². The van der Waals surface area contributed by atoms with Crippen LogP contribution in [0.15, 0.2) is 48.8 Å². The molecule has 4 rings (SSSR count). The molecule has 0 aliphatic carbocycles. The Morgan fingerprint density at radius 3 is 2.64 bits per heavy atom. The van der Waals surface area contributed by atoms with Crippen molar-refractivity contribution in [2.45, 2.75) is 31.4 Å². The lowest BCUT2D eigenvalue weighted by Gasteiger charge is -2.37. The maximum absolute atomic E-state index is 13.5. The second kappa shape index (κ2) is 6.94. The summed E-state index contributed by atoms with van der Waals surface area (Å²) in [5.74, 6) is 0.118. The van der Waals surface area contributed by atoms with E-state index in [4.69, 9.17) is 0 Å². The second-order valence-electron chi connectivity index (χ2n) is 6.82. The van der Waals surface area contributed by atoms with Crippen molar-refractivity contribution in [1.82, 2.24) is 9.88 Å². The Hall–Kier alpha value is -2.24. The lowest BCUT2D eigenvalue weighted by atomic mass is 9.99. The number of benzene rings is 1. The molecule has 1 saturated heterocycles. The van der Waals surface area contributed by atoms with Gasteiger partial charge in [0.05, 0.1) is 11.8 Å². The van der Waals surface area contributed by atoms with Gasteiger partial charge in [0, 0.05) is 32.0 Å². The molecule has 2 aliphatic heterocycles. The van der Waals surface area contributed by atoms with Crippen LogP contribution in [0.2, 0.25) is 0 Å². The largest absolute Gasteiger partial charge is 0.393 e. The molecule has 25 heavy (non-hydrogen) atoms. The Bertz CT molecular complexity index is 742. The van der Waals surface area contributed by atoms with E-state index in [1.807, 2.05) is 47.5 Å². The molecule has 2 aromatic rings. The maximum atomic E-state index is 13.5. The second-order valence-corrected chi connectivity index (χ2v) is 6.82. The fourth-order valence-electron chi connectivity index (χ4n) is 3.89. The molecule has 0 unspecified atom stereocenters. The SMILES string of the molecule is O=C([C@@H](c1ccccc1)N1CCC(O)CC1)N1CCc2cnccc21. The third kappa shape index (κ3) is 3.17. The summed E-state index contributed by atoms with van der Waals surface area (Å²) < 4.78 is 0. The molecule has 1 aromatic carbocycles. The number of anilines is 1. The van der Waals surface area contributed by atoms with Crippen LogP contribution < -0.4 is 4.90 Å². The topological polar surface area (TPSA) is 56.7 Å². The lowest BCUT2D eigenvalue weighted by molar-refractivity contribution is -0.125. The summed E-state index contributed by atoms with van der Waals surface area (Å²) in [7, 11) is 0. The predicted molar refractivity (Wildman–Crippen MR) is 96.3 cm³/mol. The smallest absolute Gasteiger partial charge is 0.248 e. The van der Waals surface area contributed by atoms with Gasteiger partial charge >= 0.3 is 0 Å². The van der Waals surface area contributed by atoms with E-state index >= 15 is 0 Å². The van der Waals surface area contributed by atoms with Crippen LogP contribution in [-0.2, 0) is 11.2 Å². The number of fused-ring (bicyclic) bond motifs is 1. The van der Waals surface area contributed by atoms with Gasteiger partial charge < -0.3 is 10.0 Å². The molecule has 0 bridgehead atoms. The minimum absolute atomic E-state index is 0.118. The minimum Gasteiger partial charge on any atom is -0.393 e. The summed E-state index contributed by atoms with van der Waals surface area (Å²) in [5.41, 5.74) is 3.14. The first-order valence-corrected chi connectivity index (χ1v) is 8.95. The van der Waals surface area contributed by atoms with Gasteiger partial charge in [-0.05, 0) is 36.5 Å². The van der Waals surface area contributed by atoms with Crippen LogP contribution in [0.3, 0.4) is 0 Å². The van der Waals surface area contributed by atoms with E-state index in [2.05, 4.69) is 9.88 Å². The number of nitrogens with zero attached hydrogens (tertiary/aromatic N) is 3. The zero-order valence-electron chi connectivity index (χ0n) is 14.2. The van der Waals surface area contributed by atoms with Crippen molar-refractivity contribution in [2.24, 2.45) is 0 Å². The number of amides is 1. The summed E-state index contributed by atoms with van der Waals surface area (Å²) in [4.78, 5) is 21.8. The lowest BCUT2D eigenvalue weighted by Crippen LogP contribution is -2.46. The van der Waals surface area contributed by atoms with Crippen molar-refractivity contribution >= 4 is 11.6 Å². The zero-order chi connectivity index (χ0) is 17.2. The number of likely N-dealkylation sites (tertiary alicyclic amines) is 1. The van der Waals surface area contributed by atoms with Gasteiger partial charge in [-0.1, -0.05) is 30.3 Å². The van der Waals surface area contributed by atoms with Crippen molar-refractivity contribution in [3.63, 3.8) is 0 Å². The number of carbonyl (C=O) groups is 1. The van der Waals surface area contributed by atoms with Crippen LogP contribution in [0.5, 0.6) is 0 Å². The number of pyridine rings is 1. The van der Waals surface area contributed by atoms with Gasteiger partial charge in [0.2, 0.25) is 5.91 Å². The molecular weight excluding hydrogens is 314 g/mol. The molecule has 0 saturated carbocycles. The highest BCUT2D eigenvalue weighted by molar-refractivity contribution is 5.99. The third-order valence-corrected chi connectivity index (χ3v) is 5.25. The summed E-state index contributed by atoms with van der Waals surface area (Å²) >= 11 is 0. The molecule has 1 amide bonds. The first-order chi connectivity index (χ1) is 12.2. The normalized spacial score (nSPS) is 19.6. The van der Waals surface area contributed by atoms with Gasteiger partial charge in [-0.25, -0.2) is 0 Å². The molecule has 5 heteroatoms. The highest BCUT2D eigenvalue weighted by atomic mass is 16.3. The van der Waals surface area contributed by atoms with E-state index in [0.717, 1.165) is 49.2 Å². The first-order valence-electron chi connectivity index (χ1n) is 8.95. The Morgan fingerprint density at radius 1 is 1.12 bits per heavy atom. The van der Waals surface area contributed by atoms with Crippen LogP contribution in [0.4, 0.5) is 5.69 Å². The first kappa shape index (κ1) is 16.2. The molecule has 5 nitrogen and oxygen atoms in total. The predicted octanol–water partition coefficient (Wildman–Crippen LogP) is 2.17. The highest BCUT2D eigenvalue weighted by Gasteiger charge is 2.36. The van der Waals surface area contributed by atoms with E-state index in [0.29, 0.717) is 6.54 Å². The Labute approximate surface area is 147 Å². The number of piperidine rings is 1. The number of carbonyl (C=O) groups excluding carboxylic acids is 1.